The Bertz CT molecular complexity index is 238. The maximum atomic E-state index is 5.53. The van der Waals surface area contributed by atoms with Crippen LogP contribution in [0.25, 0.3) is 0 Å². The normalized spacial score (nSPS) is 9.38. The standard InChI is InChI=1S/C10H16N2.ClH/c1-12-6-5-9-3-2-4-10(7-9)8-11;/h2-4,7,12H,5-6,8,11H2,1H3;1H. The molecular formula is C10H17ClN2. The van der Waals surface area contributed by atoms with Gasteiger partial charge in [0.1, 0.15) is 0 Å². The zero-order valence-corrected chi connectivity index (χ0v) is 8.73. The first-order valence-corrected chi connectivity index (χ1v) is 4.29. The molecule has 74 valence electrons. The summed E-state index contributed by atoms with van der Waals surface area (Å²) in [7, 11) is 1.97. The van der Waals surface area contributed by atoms with E-state index in [0.717, 1.165) is 13.0 Å². The number of nitrogens with two attached hydrogens (primary N) is 1. The van der Waals surface area contributed by atoms with E-state index in [1.165, 1.54) is 11.1 Å². The highest BCUT2D eigenvalue weighted by molar-refractivity contribution is 5.85. The zero-order chi connectivity index (χ0) is 8.81. The summed E-state index contributed by atoms with van der Waals surface area (Å²) in [5, 5.41) is 3.12. The molecule has 0 heterocycles. The van der Waals surface area contributed by atoms with Gasteiger partial charge in [-0.3, -0.25) is 0 Å². The Morgan fingerprint density at radius 1 is 1.31 bits per heavy atom. The van der Waals surface area contributed by atoms with Crippen LogP contribution in [0.1, 0.15) is 11.1 Å². The van der Waals surface area contributed by atoms with Crippen LogP contribution < -0.4 is 11.1 Å². The summed E-state index contributed by atoms with van der Waals surface area (Å²) < 4.78 is 0. The first kappa shape index (κ1) is 12.4. The van der Waals surface area contributed by atoms with Crippen molar-refractivity contribution in [3.63, 3.8) is 0 Å². The molecule has 1 aromatic rings. The number of rotatable bonds is 4. The molecular weight excluding hydrogens is 184 g/mol. The van der Waals surface area contributed by atoms with Gasteiger partial charge in [-0.25, -0.2) is 0 Å². The van der Waals surface area contributed by atoms with Crippen molar-refractivity contribution in [2.75, 3.05) is 13.6 Å². The van der Waals surface area contributed by atoms with Gasteiger partial charge in [-0.2, -0.15) is 0 Å². The molecule has 0 spiro atoms. The Morgan fingerprint density at radius 2 is 2.00 bits per heavy atom. The highest BCUT2D eigenvalue weighted by Gasteiger charge is 1.93. The van der Waals surface area contributed by atoms with E-state index in [0.29, 0.717) is 6.54 Å². The SMILES string of the molecule is CNCCc1cccc(CN)c1.Cl. The van der Waals surface area contributed by atoms with Gasteiger partial charge in [-0.1, -0.05) is 24.3 Å². The van der Waals surface area contributed by atoms with E-state index in [2.05, 4.69) is 29.6 Å². The molecule has 0 aliphatic heterocycles. The van der Waals surface area contributed by atoms with Gasteiger partial charge in [0.25, 0.3) is 0 Å². The first-order valence-electron chi connectivity index (χ1n) is 4.29. The van der Waals surface area contributed by atoms with Gasteiger partial charge in [0.05, 0.1) is 0 Å². The van der Waals surface area contributed by atoms with Gasteiger partial charge in [0.2, 0.25) is 0 Å². The Hall–Kier alpha value is -0.570. The molecule has 0 aliphatic rings. The number of hydrogen-bond acceptors (Lipinski definition) is 2. The van der Waals surface area contributed by atoms with Crippen LogP contribution in [0, 0.1) is 0 Å². The Labute approximate surface area is 85.9 Å². The second-order valence-electron chi connectivity index (χ2n) is 2.88. The molecule has 3 heteroatoms. The molecule has 0 saturated heterocycles. The van der Waals surface area contributed by atoms with Crippen LogP contribution >= 0.6 is 12.4 Å². The summed E-state index contributed by atoms with van der Waals surface area (Å²) in [5.74, 6) is 0. The molecule has 1 aromatic carbocycles. The predicted molar refractivity (Wildman–Crippen MR) is 59.2 cm³/mol. The summed E-state index contributed by atoms with van der Waals surface area (Å²) in [6.45, 7) is 1.65. The minimum atomic E-state index is 0. The molecule has 0 aromatic heterocycles. The average Bonchev–Trinajstić information content (AvgIpc) is 2.15. The molecule has 0 amide bonds. The lowest BCUT2D eigenvalue weighted by Crippen LogP contribution is -2.10. The van der Waals surface area contributed by atoms with Crippen LogP contribution in [0.4, 0.5) is 0 Å². The van der Waals surface area contributed by atoms with Crippen molar-refractivity contribution >= 4 is 12.4 Å². The van der Waals surface area contributed by atoms with Crippen LogP contribution in [-0.2, 0) is 13.0 Å². The zero-order valence-electron chi connectivity index (χ0n) is 7.92. The smallest absolute Gasteiger partial charge is 0.0178 e. The van der Waals surface area contributed by atoms with Crippen LogP contribution in [0.2, 0.25) is 0 Å². The molecule has 0 saturated carbocycles. The number of halogens is 1. The molecule has 0 fully saturated rings. The Balaban J connectivity index is 0.00000144. The number of nitrogens with one attached hydrogen (secondary N) is 1. The second-order valence-corrected chi connectivity index (χ2v) is 2.88. The van der Waals surface area contributed by atoms with E-state index in [-0.39, 0.29) is 12.4 Å². The van der Waals surface area contributed by atoms with E-state index in [1.54, 1.807) is 0 Å². The summed E-state index contributed by atoms with van der Waals surface area (Å²) >= 11 is 0. The van der Waals surface area contributed by atoms with Crippen molar-refractivity contribution in [2.24, 2.45) is 5.73 Å². The molecule has 0 aliphatic carbocycles. The van der Waals surface area contributed by atoms with Gasteiger partial charge in [-0.05, 0) is 31.1 Å². The topological polar surface area (TPSA) is 38.0 Å². The summed E-state index contributed by atoms with van der Waals surface area (Å²) in [6.07, 6.45) is 1.07. The molecule has 2 nitrogen and oxygen atoms in total. The van der Waals surface area contributed by atoms with Crippen molar-refractivity contribution in [1.82, 2.24) is 5.32 Å². The summed E-state index contributed by atoms with van der Waals surface area (Å²) in [6, 6.07) is 8.42. The fourth-order valence-corrected chi connectivity index (χ4v) is 1.18. The van der Waals surface area contributed by atoms with E-state index in [4.69, 9.17) is 5.73 Å². The van der Waals surface area contributed by atoms with E-state index >= 15 is 0 Å². The molecule has 13 heavy (non-hydrogen) atoms. The van der Waals surface area contributed by atoms with Gasteiger partial charge in [-0.15, -0.1) is 12.4 Å². The lowest BCUT2D eigenvalue weighted by atomic mass is 10.1. The van der Waals surface area contributed by atoms with E-state index < -0.39 is 0 Å². The largest absolute Gasteiger partial charge is 0.326 e. The monoisotopic (exact) mass is 200 g/mol. The molecule has 0 radical (unpaired) electrons. The van der Waals surface area contributed by atoms with Crippen LogP contribution in [0.5, 0.6) is 0 Å². The number of benzene rings is 1. The van der Waals surface area contributed by atoms with Gasteiger partial charge < -0.3 is 11.1 Å². The minimum absolute atomic E-state index is 0. The molecule has 3 N–H and O–H groups in total. The van der Waals surface area contributed by atoms with Crippen LogP contribution in [-0.4, -0.2) is 13.6 Å². The molecule has 0 bridgehead atoms. The van der Waals surface area contributed by atoms with Crippen molar-refractivity contribution in [1.29, 1.82) is 0 Å². The fraction of sp³-hybridized carbons (Fsp3) is 0.400. The van der Waals surface area contributed by atoms with E-state index in [1.807, 2.05) is 7.05 Å². The highest BCUT2D eigenvalue weighted by Crippen LogP contribution is 2.04. The summed E-state index contributed by atoms with van der Waals surface area (Å²) in [5.41, 5.74) is 8.10. The maximum Gasteiger partial charge on any atom is 0.0178 e. The third-order valence-corrected chi connectivity index (χ3v) is 1.89. The second kappa shape index (κ2) is 6.89. The lowest BCUT2D eigenvalue weighted by Gasteiger charge is -2.02. The third-order valence-electron chi connectivity index (χ3n) is 1.89. The third kappa shape index (κ3) is 4.27. The Morgan fingerprint density at radius 3 is 2.62 bits per heavy atom. The van der Waals surface area contributed by atoms with Crippen molar-refractivity contribution < 1.29 is 0 Å². The number of likely N-dealkylation sites (N-methyl/N-ethyl adjacent to an activating group) is 1. The highest BCUT2D eigenvalue weighted by atomic mass is 35.5. The predicted octanol–water partition coefficient (Wildman–Crippen LogP) is 1.33. The molecule has 0 unspecified atom stereocenters. The molecule has 1 rings (SSSR count). The lowest BCUT2D eigenvalue weighted by molar-refractivity contribution is 0.790. The average molecular weight is 201 g/mol. The van der Waals surface area contributed by atoms with Gasteiger partial charge >= 0.3 is 0 Å². The van der Waals surface area contributed by atoms with Gasteiger partial charge in [0.15, 0.2) is 0 Å². The van der Waals surface area contributed by atoms with E-state index in [9.17, 15) is 0 Å². The first-order chi connectivity index (χ1) is 5.86. The minimum Gasteiger partial charge on any atom is -0.326 e. The van der Waals surface area contributed by atoms with Crippen molar-refractivity contribution in [3.05, 3.63) is 35.4 Å². The Kier molecular flexibility index (Phi) is 6.59. The van der Waals surface area contributed by atoms with Gasteiger partial charge in [0, 0.05) is 6.54 Å². The van der Waals surface area contributed by atoms with Crippen molar-refractivity contribution in [3.8, 4) is 0 Å². The maximum absolute atomic E-state index is 5.53. The van der Waals surface area contributed by atoms with Crippen LogP contribution in [0.15, 0.2) is 24.3 Å². The quantitative estimate of drug-likeness (QED) is 0.770. The van der Waals surface area contributed by atoms with Crippen molar-refractivity contribution in [2.45, 2.75) is 13.0 Å². The molecule has 0 atom stereocenters. The fourth-order valence-electron chi connectivity index (χ4n) is 1.18. The number of hydrogen-bond donors (Lipinski definition) is 2. The van der Waals surface area contributed by atoms with Crippen LogP contribution in [0.3, 0.4) is 0 Å². The summed E-state index contributed by atoms with van der Waals surface area (Å²) in [4.78, 5) is 0.